The van der Waals surface area contributed by atoms with Crippen molar-refractivity contribution in [3.8, 4) is 5.75 Å². The second kappa shape index (κ2) is 12.8. The summed E-state index contributed by atoms with van der Waals surface area (Å²) >= 11 is 6.43. The lowest BCUT2D eigenvalue weighted by molar-refractivity contribution is -0.143. The van der Waals surface area contributed by atoms with Crippen molar-refractivity contribution >= 4 is 23.4 Å². The van der Waals surface area contributed by atoms with Gasteiger partial charge >= 0.3 is 0 Å². The van der Waals surface area contributed by atoms with E-state index < -0.39 is 6.04 Å². The Morgan fingerprint density at radius 3 is 2.21 bits per heavy atom. The zero-order chi connectivity index (χ0) is 24.3. The fraction of sp³-hybridized carbons (Fsp3) is 0.286. The highest BCUT2D eigenvalue weighted by Crippen LogP contribution is 2.21. The highest BCUT2D eigenvalue weighted by molar-refractivity contribution is 6.31. The second-order valence-electron chi connectivity index (χ2n) is 8.24. The van der Waals surface area contributed by atoms with Crippen LogP contribution in [0.4, 0.5) is 0 Å². The lowest BCUT2D eigenvalue weighted by Crippen LogP contribution is -2.53. The van der Waals surface area contributed by atoms with Crippen molar-refractivity contribution < 1.29 is 14.3 Å². The Morgan fingerprint density at radius 1 is 0.941 bits per heavy atom. The van der Waals surface area contributed by atoms with Crippen LogP contribution in [0.15, 0.2) is 84.9 Å². The third kappa shape index (κ3) is 7.35. The lowest BCUT2D eigenvalue weighted by atomic mass is 10.0. The average molecular weight is 479 g/mol. The van der Waals surface area contributed by atoms with E-state index in [-0.39, 0.29) is 31.0 Å². The van der Waals surface area contributed by atoms with Crippen LogP contribution in [0.1, 0.15) is 31.4 Å². The molecule has 2 atom stereocenters. The third-order valence-electron chi connectivity index (χ3n) is 5.68. The summed E-state index contributed by atoms with van der Waals surface area (Å²) in [5.41, 5.74) is 1.74. The number of nitrogens with zero attached hydrogens (tertiary/aromatic N) is 1. The molecule has 3 rings (SSSR count). The maximum absolute atomic E-state index is 13.5. The van der Waals surface area contributed by atoms with Gasteiger partial charge in [-0.3, -0.25) is 9.59 Å². The molecule has 5 nitrogen and oxygen atoms in total. The maximum Gasteiger partial charge on any atom is 0.261 e. The predicted octanol–water partition coefficient (Wildman–Crippen LogP) is 5.27. The minimum atomic E-state index is -0.723. The van der Waals surface area contributed by atoms with E-state index >= 15 is 0 Å². The highest BCUT2D eigenvalue weighted by atomic mass is 35.5. The number of hydrogen-bond donors (Lipinski definition) is 1. The topological polar surface area (TPSA) is 58.6 Å². The van der Waals surface area contributed by atoms with Crippen LogP contribution in [0.2, 0.25) is 5.02 Å². The molecule has 0 saturated heterocycles. The molecule has 0 spiro atoms. The number of para-hydroxylation sites is 1. The molecule has 3 aromatic carbocycles. The van der Waals surface area contributed by atoms with Crippen molar-refractivity contribution in [2.24, 2.45) is 0 Å². The van der Waals surface area contributed by atoms with Gasteiger partial charge in [-0.2, -0.15) is 0 Å². The van der Waals surface area contributed by atoms with Gasteiger partial charge < -0.3 is 15.0 Å². The van der Waals surface area contributed by atoms with Crippen LogP contribution in [0, 0.1) is 0 Å². The van der Waals surface area contributed by atoms with Gasteiger partial charge in [-0.25, -0.2) is 0 Å². The fourth-order valence-corrected chi connectivity index (χ4v) is 3.75. The Hall–Kier alpha value is -3.31. The molecule has 0 aliphatic carbocycles. The summed E-state index contributed by atoms with van der Waals surface area (Å²) < 4.78 is 5.74. The third-order valence-corrected chi connectivity index (χ3v) is 6.04. The molecule has 0 saturated carbocycles. The lowest BCUT2D eigenvalue weighted by Gasteiger charge is -2.32. The number of halogens is 1. The summed E-state index contributed by atoms with van der Waals surface area (Å²) in [5, 5.41) is 3.60. The summed E-state index contributed by atoms with van der Waals surface area (Å²) in [6.45, 7) is 3.98. The molecule has 0 aliphatic rings. The average Bonchev–Trinajstić information content (AvgIpc) is 2.86. The van der Waals surface area contributed by atoms with Gasteiger partial charge in [-0.05, 0) is 42.7 Å². The molecule has 0 unspecified atom stereocenters. The Balaban J connectivity index is 1.92. The molecule has 6 heteroatoms. The minimum Gasteiger partial charge on any atom is -0.484 e. The van der Waals surface area contributed by atoms with E-state index in [1.54, 1.807) is 23.1 Å². The van der Waals surface area contributed by atoms with Crippen LogP contribution < -0.4 is 10.1 Å². The molecule has 178 valence electrons. The van der Waals surface area contributed by atoms with Crippen molar-refractivity contribution in [3.05, 3.63) is 101 Å². The molecule has 2 amide bonds. The first-order chi connectivity index (χ1) is 16.5. The number of benzene rings is 3. The van der Waals surface area contributed by atoms with Gasteiger partial charge in [0.15, 0.2) is 6.61 Å². The molecular weight excluding hydrogens is 448 g/mol. The number of rotatable bonds is 11. The van der Waals surface area contributed by atoms with Crippen LogP contribution in [0.5, 0.6) is 5.75 Å². The maximum atomic E-state index is 13.5. The summed E-state index contributed by atoms with van der Waals surface area (Å²) in [7, 11) is 0. The largest absolute Gasteiger partial charge is 0.484 e. The van der Waals surface area contributed by atoms with Crippen LogP contribution in [0.25, 0.3) is 0 Å². The molecular formula is C28H31ClN2O3. The molecule has 0 heterocycles. The molecule has 1 N–H and O–H groups in total. The summed E-state index contributed by atoms with van der Waals surface area (Å²) in [4.78, 5) is 28.5. The quantitative estimate of drug-likeness (QED) is 0.408. The first-order valence-electron chi connectivity index (χ1n) is 11.5. The molecule has 3 aromatic rings. The first kappa shape index (κ1) is 25.3. The highest BCUT2D eigenvalue weighted by Gasteiger charge is 2.31. The van der Waals surface area contributed by atoms with Gasteiger partial charge in [0.1, 0.15) is 11.8 Å². The van der Waals surface area contributed by atoms with Crippen LogP contribution in [0.3, 0.4) is 0 Å². The van der Waals surface area contributed by atoms with Crippen LogP contribution >= 0.6 is 11.6 Å². The van der Waals surface area contributed by atoms with Gasteiger partial charge in [-0.1, -0.05) is 85.3 Å². The molecule has 0 aromatic heterocycles. The van der Waals surface area contributed by atoms with Gasteiger partial charge in [0.25, 0.3) is 5.91 Å². The zero-order valence-corrected chi connectivity index (χ0v) is 20.4. The molecule has 34 heavy (non-hydrogen) atoms. The van der Waals surface area contributed by atoms with Gasteiger partial charge in [0, 0.05) is 24.0 Å². The van der Waals surface area contributed by atoms with E-state index in [0.717, 1.165) is 17.5 Å². The minimum absolute atomic E-state index is 0.0105. The van der Waals surface area contributed by atoms with Gasteiger partial charge in [-0.15, -0.1) is 0 Å². The fourth-order valence-electron chi connectivity index (χ4n) is 3.55. The Labute approximate surface area is 206 Å². The van der Waals surface area contributed by atoms with Crippen molar-refractivity contribution in [1.29, 1.82) is 0 Å². The van der Waals surface area contributed by atoms with E-state index in [1.807, 2.05) is 80.6 Å². The van der Waals surface area contributed by atoms with Crippen molar-refractivity contribution in [2.45, 2.75) is 45.3 Å². The normalized spacial score (nSPS) is 12.4. The Morgan fingerprint density at radius 2 is 1.56 bits per heavy atom. The number of carbonyl (C=O) groups is 2. The number of carbonyl (C=O) groups excluding carboxylic acids is 2. The number of ether oxygens (including phenoxy) is 1. The summed E-state index contributed by atoms with van der Waals surface area (Å²) in [6.07, 6.45) is 1.17. The number of nitrogens with one attached hydrogen (secondary N) is 1. The number of hydrogen-bond acceptors (Lipinski definition) is 3. The molecule has 0 radical (unpaired) electrons. The van der Waals surface area contributed by atoms with Crippen LogP contribution in [-0.4, -0.2) is 35.4 Å². The summed E-state index contributed by atoms with van der Waals surface area (Å²) in [5.74, 6) is 0.111. The predicted molar refractivity (Wildman–Crippen MR) is 136 cm³/mol. The zero-order valence-electron chi connectivity index (χ0n) is 19.6. The van der Waals surface area contributed by atoms with Crippen molar-refractivity contribution in [2.75, 3.05) is 6.61 Å². The monoisotopic (exact) mass is 478 g/mol. The standard InChI is InChI=1S/C28H31ClN2O3/c1-3-21(2)30-28(33)26(18-22-12-6-4-7-13-22)31(19-23-14-10-11-17-25(23)29)27(32)20-34-24-15-8-5-9-16-24/h4-17,21,26H,3,18-20H2,1-2H3,(H,30,33)/t21-,26-/m1/s1. The molecule has 0 bridgehead atoms. The van der Waals surface area contributed by atoms with Crippen molar-refractivity contribution in [1.82, 2.24) is 10.2 Å². The van der Waals surface area contributed by atoms with E-state index in [2.05, 4.69) is 5.32 Å². The van der Waals surface area contributed by atoms with E-state index in [1.165, 1.54) is 0 Å². The molecule has 0 aliphatic heterocycles. The smallest absolute Gasteiger partial charge is 0.261 e. The SMILES string of the molecule is CC[C@@H](C)NC(=O)[C@@H](Cc1ccccc1)N(Cc1ccccc1Cl)C(=O)COc1ccccc1. The van der Waals surface area contributed by atoms with Gasteiger partial charge in [0.05, 0.1) is 0 Å². The second-order valence-corrected chi connectivity index (χ2v) is 8.65. The Kier molecular flexibility index (Phi) is 9.53. The van der Waals surface area contributed by atoms with Crippen LogP contribution in [-0.2, 0) is 22.6 Å². The Bertz CT molecular complexity index is 1060. The molecule has 0 fully saturated rings. The van der Waals surface area contributed by atoms with Crippen molar-refractivity contribution in [3.63, 3.8) is 0 Å². The van der Waals surface area contributed by atoms with E-state index in [0.29, 0.717) is 17.2 Å². The first-order valence-corrected chi connectivity index (χ1v) is 11.9. The van der Waals surface area contributed by atoms with E-state index in [4.69, 9.17) is 16.3 Å². The summed E-state index contributed by atoms with van der Waals surface area (Å²) in [6, 6.07) is 25.5. The van der Waals surface area contributed by atoms with E-state index in [9.17, 15) is 9.59 Å². The number of amides is 2. The van der Waals surface area contributed by atoms with Gasteiger partial charge in [0.2, 0.25) is 5.91 Å².